The van der Waals surface area contributed by atoms with Crippen LogP contribution in [0.2, 0.25) is 0 Å². The Balaban J connectivity index is 2.25. The van der Waals surface area contributed by atoms with E-state index in [9.17, 15) is 18.0 Å². The van der Waals surface area contributed by atoms with Gasteiger partial charge in [0, 0.05) is 18.7 Å². The van der Waals surface area contributed by atoms with E-state index in [1.54, 1.807) is 18.2 Å². The molecule has 108 valence electrons. The zero-order valence-electron chi connectivity index (χ0n) is 10.5. The number of benzene rings is 1. The molecule has 1 amide bonds. The molecule has 0 bridgehead atoms. The van der Waals surface area contributed by atoms with E-state index < -0.39 is 12.8 Å². The first kappa shape index (κ1) is 16.0. The molecule has 0 saturated carbocycles. The lowest BCUT2D eigenvalue weighted by molar-refractivity contribution is -0.174. The van der Waals surface area contributed by atoms with E-state index in [1.807, 2.05) is 6.07 Å². The highest BCUT2D eigenvalue weighted by Crippen LogP contribution is 2.14. The van der Waals surface area contributed by atoms with E-state index in [-0.39, 0.29) is 25.4 Å². The maximum absolute atomic E-state index is 11.8. The Morgan fingerprint density at radius 2 is 2.15 bits per heavy atom. The zero-order chi connectivity index (χ0) is 15.0. The van der Waals surface area contributed by atoms with Gasteiger partial charge in [0.05, 0.1) is 11.6 Å². The number of amides is 1. The van der Waals surface area contributed by atoms with Crippen molar-refractivity contribution in [1.82, 2.24) is 0 Å². The van der Waals surface area contributed by atoms with Gasteiger partial charge in [-0.05, 0) is 24.6 Å². The summed E-state index contributed by atoms with van der Waals surface area (Å²) < 4.78 is 39.7. The van der Waals surface area contributed by atoms with Crippen LogP contribution in [0.1, 0.15) is 18.4 Å². The first-order valence-corrected chi connectivity index (χ1v) is 5.85. The van der Waals surface area contributed by atoms with Crippen molar-refractivity contribution in [2.45, 2.75) is 19.0 Å². The number of alkyl halides is 3. The average Bonchev–Trinajstić information content (AvgIpc) is 2.37. The molecular weight excluding hydrogens is 273 g/mol. The molecule has 1 rings (SSSR count). The smallest absolute Gasteiger partial charge is 0.372 e. The van der Waals surface area contributed by atoms with E-state index in [0.717, 1.165) is 0 Å². The molecule has 0 aromatic heterocycles. The van der Waals surface area contributed by atoms with E-state index in [4.69, 9.17) is 5.26 Å². The monoisotopic (exact) mass is 286 g/mol. The van der Waals surface area contributed by atoms with E-state index in [1.165, 1.54) is 6.07 Å². The Labute approximate surface area is 114 Å². The number of hydrogen-bond donors (Lipinski definition) is 1. The highest BCUT2D eigenvalue weighted by molar-refractivity contribution is 5.90. The molecule has 0 aliphatic carbocycles. The summed E-state index contributed by atoms with van der Waals surface area (Å²) in [5.74, 6) is -0.337. The van der Waals surface area contributed by atoms with E-state index in [0.29, 0.717) is 11.3 Å². The first-order valence-electron chi connectivity index (χ1n) is 5.85. The molecule has 7 heteroatoms. The highest BCUT2D eigenvalue weighted by Gasteiger charge is 2.27. The Kier molecular flexibility index (Phi) is 6.00. The van der Waals surface area contributed by atoms with Crippen LogP contribution in [0.5, 0.6) is 0 Å². The number of nitrogens with one attached hydrogen (secondary N) is 1. The summed E-state index contributed by atoms with van der Waals surface area (Å²) >= 11 is 0. The maximum Gasteiger partial charge on any atom is 0.411 e. The molecule has 0 aliphatic rings. The van der Waals surface area contributed by atoms with Crippen LogP contribution < -0.4 is 5.32 Å². The molecule has 0 unspecified atom stereocenters. The van der Waals surface area contributed by atoms with E-state index >= 15 is 0 Å². The minimum Gasteiger partial charge on any atom is -0.372 e. The van der Waals surface area contributed by atoms with Gasteiger partial charge >= 0.3 is 6.18 Å². The standard InChI is InChI=1S/C13H13F3N2O2/c14-13(15,16)9-20-6-2-5-12(19)18-11-4-1-3-10(7-11)8-17/h1,3-4,7H,2,5-6,9H2,(H,18,19). The van der Waals surface area contributed by atoms with E-state index in [2.05, 4.69) is 10.1 Å². The van der Waals surface area contributed by atoms with Crippen LogP contribution in [0.25, 0.3) is 0 Å². The largest absolute Gasteiger partial charge is 0.411 e. The molecule has 0 aliphatic heterocycles. The minimum atomic E-state index is -4.35. The lowest BCUT2D eigenvalue weighted by Crippen LogP contribution is -2.18. The highest BCUT2D eigenvalue weighted by atomic mass is 19.4. The van der Waals surface area contributed by atoms with Crippen LogP contribution >= 0.6 is 0 Å². The number of halogens is 3. The van der Waals surface area contributed by atoms with Crippen molar-refractivity contribution in [3.63, 3.8) is 0 Å². The van der Waals surface area contributed by atoms with Crippen molar-refractivity contribution in [3.05, 3.63) is 29.8 Å². The van der Waals surface area contributed by atoms with Gasteiger partial charge in [-0.2, -0.15) is 18.4 Å². The molecule has 20 heavy (non-hydrogen) atoms. The number of carbonyl (C=O) groups is 1. The third-order valence-electron chi connectivity index (χ3n) is 2.23. The van der Waals surface area contributed by atoms with Crippen LogP contribution in [-0.4, -0.2) is 25.3 Å². The second-order valence-electron chi connectivity index (χ2n) is 4.01. The third-order valence-corrected chi connectivity index (χ3v) is 2.23. The van der Waals surface area contributed by atoms with Gasteiger partial charge in [0.15, 0.2) is 0 Å². The Morgan fingerprint density at radius 1 is 1.40 bits per heavy atom. The second kappa shape index (κ2) is 7.50. The van der Waals surface area contributed by atoms with Crippen LogP contribution in [0.15, 0.2) is 24.3 Å². The molecule has 0 fully saturated rings. The van der Waals surface area contributed by atoms with Gasteiger partial charge in [0.2, 0.25) is 5.91 Å². The Morgan fingerprint density at radius 3 is 2.80 bits per heavy atom. The molecule has 4 nitrogen and oxygen atoms in total. The molecule has 1 aromatic carbocycles. The quantitative estimate of drug-likeness (QED) is 0.818. The molecule has 1 N–H and O–H groups in total. The van der Waals surface area contributed by atoms with Crippen LogP contribution in [0.3, 0.4) is 0 Å². The summed E-state index contributed by atoms with van der Waals surface area (Å²) in [7, 11) is 0. The summed E-state index contributed by atoms with van der Waals surface area (Å²) in [6.45, 7) is -1.44. The van der Waals surface area contributed by atoms with Gasteiger partial charge < -0.3 is 10.1 Å². The second-order valence-corrected chi connectivity index (χ2v) is 4.01. The van der Waals surface area contributed by atoms with Gasteiger partial charge in [-0.1, -0.05) is 6.07 Å². The fourth-order valence-electron chi connectivity index (χ4n) is 1.41. The zero-order valence-corrected chi connectivity index (χ0v) is 10.5. The predicted octanol–water partition coefficient (Wildman–Crippen LogP) is 2.86. The summed E-state index contributed by atoms with van der Waals surface area (Å²) in [6, 6.07) is 8.30. The van der Waals surface area contributed by atoms with Gasteiger partial charge in [-0.25, -0.2) is 0 Å². The van der Waals surface area contributed by atoms with Crippen LogP contribution in [-0.2, 0) is 9.53 Å². The molecule has 0 heterocycles. The number of carbonyl (C=O) groups excluding carboxylic acids is 1. The van der Waals surface area contributed by atoms with Crippen molar-refractivity contribution < 1.29 is 22.7 Å². The van der Waals surface area contributed by atoms with Gasteiger partial charge in [-0.3, -0.25) is 4.79 Å². The number of rotatable bonds is 6. The SMILES string of the molecule is N#Cc1cccc(NC(=O)CCCOCC(F)(F)F)c1. The lowest BCUT2D eigenvalue weighted by Gasteiger charge is -2.08. The van der Waals surface area contributed by atoms with Crippen LogP contribution in [0.4, 0.5) is 18.9 Å². The molecule has 0 spiro atoms. The summed E-state index contributed by atoms with van der Waals surface area (Å²) in [4.78, 5) is 11.5. The normalized spacial score (nSPS) is 10.9. The van der Waals surface area contributed by atoms with Crippen molar-refractivity contribution in [3.8, 4) is 6.07 Å². The molecule has 0 atom stereocenters. The summed E-state index contributed by atoms with van der Waals surface area (Å²) in [6.07, 6.45) is -4.10. The molecular formula is C13H13F3N2O2. The molecule has 0 radical (unpaired) electrons. The Bertz CT molecular complexity index is 495. The maximum atomic E-state index is 11.8. The molecule has 0 saturated heterocycles. The van der Waals surface area contributed by atoms with Crippen molar-refractivity contribution in [1.29, 1.82) is 5.26 Å². The third kappa shape index (κ3) is 6.75. The van der Waals surface area contributed by atoms with Gasteiger partial charge in [0.25, 0.3) is 0 Å². The van der Waals surface area contributed by atoms with Crippen molar-refractivity contribution in [2.75, 3.05) is 18.5 Å². The van der Waals surface area contributed by atoms with Crippen molar-refractivity contribution in [2.24, 2.45) is 0 Å². The minimum absolute atomic E-state index is 0.0502. The summed E-state index contributed by atoms with van der Waals surface area (Å²) in [5, 5.41) is 11.2. The Hall–Kier alpha value is -2.07. The summed E-state index contributed by atoms with van der Waals surface area (Å²) in [5.41, 5.74) is 0.890. The average molecular weight is 286 g/mol. The fourth-order valence-corrected chi connectivity index (χ4v) is 1.41. The lowest BCUT2D eigenvalue weighted by atomic mass is 10.2. The van der Waals surface area contributed by atoms with Gasteiger partial charge in [0.1, 0.15) is 6.61 Å². The number of ether oxygens (including phenoxy) is 1. The van der Waals surface area contributed by atoms with Crippen LogP contribution in [0, 0.1) is 11.3 Å². The van der Waals surface area contributed by atoms with Crippen molar-refractivity contribution >= 4 is 11.6 Å². The molecule has 1 aromatic rings. The number of nitriles is 1. The fraction of sp³-hybridized carbons (Fsp3) is 0.385. The number of hydrogen-bond acceptors (Lipinski definition) is 3. The number of anilines is 1. The topological polar surface area (TPSA) is 62.1 Å². The first-order chi connectivity index (χ1) is 9.40. The number of nitrogens with zero attached hydrogens (tertiary/aromatic N) is 1. The van der Waals surface area contributed by atoms with Gasteiger partial charge in [-0.15, -0.1) is 0 Å². The predicted molar refractivity (Wildman–Crippen MR) is 65.9 cm³/mol.